The van der Waals surface area contributed by atoms with Gasteiger partial charge in [-0.1, -0.05) is 48.5 Å². The van der Waals surface area contributed by atoms with Crippen molar-refractivity contribution in [3.63, 3.8) is 0 Å². The van der Waals surface area contributed by atoms with Crippen LogP contribution in [0.25, 0.3) is 10.8 Å². The molecule has 1 aliphatic heterocycles. The summed E-state index contributed by atoms with van der Waals surface area (Å²) in [5, 5.41) is 6.35. The molecule has 1 aliphatic carbocycles. The van der Waals surface area contributed by atoms with E-state index in [2.05, 4.69) is 65.3 Å². The first-order valence-electron chi connectivity index (χ1n) is 8.37. The van der Waals surface area contributed by atoms with E-state index in [0.717, 1.165) is 19.5 Å². The number of nitrogens with one attached hydrogen (secondary N) is 1. The molecule has 1 N–H and O–H groups in total. The topological polar surface area (TPSA) is 15.3 Å². The maximum Gasteiger partial charge on any atom is 0.0317 e. The van der Waals surface area contributed by atoms with Crippen LogP contribution in [0.3, 0.4) is 0 Å². The molecule has 0 radical (unpaired) electrons. The van der Waals surface area contributed by atoms with Gasteiger partial charge >= 0.3 is 0 Å². The molecule has 2 nitrogen and oxygen atoms in total. The summed E-state index contributed by atoms with van der Waals surface area (Å²) in [5.41, 5.74) is 1.84. The number of benzene rings is 2. The highest BCUT2D eigenvalue weighted by atomic mass is 15.3. The zero-order valence-corrected chi connectivity index (χ0v) is 13.1. The van der Waals surface area contributed by atoms with Crippen molar-refractivity contribution in [2.75, 3.05) is 19.6 Å². The average Bonchev–Trinajstić information content (AvgIpc) is 3.31. The van der Waals surface area contributed by atoms with Crippen LogP contribution in [-0.4, -0.2) is 36.1 Å². The fourth-order valence-electron chi connectivity index (χ4n) is 3.73. The summed E-state index contributed by atoms with van der Waals surface area (Å²) < 4.78 is 0. The molecule has 0 amide bonds. The molecule has 2 aromatic rings. The molecular weight excluding hydrogens is 268 g/mol. The van der Waals surface area contributed by atoms with E-state index in [1.165, 1.54) is 35.7 Å². The second-order valence-corrected chi connectivity index (χ2v) is 6.87. The van der Waals surface area contributed by atoms with Gasteiger partial charge in [-0.2, -0.15) is 0 Å². The molecule has 1 saturated heterocycles. The van der Waals surface area contributed by atoms with Crippen molar-refractivity contribution >= 4 is 10.8 Å². The number of nitrogens with zero attached hydrogens (tertiary/aromatic N) is 1. The summed E-state index contributed by atoms with van der Waals surface area (Å²) in [6.45, 7) is 7.52. The van der Waals surface area contributed by atoms with Crippen LogP contribution in [0.5, 0.6) is 0 Å². The summed E-state index contributed by atoms with van der Waals surface area (Å²) >= 11 is 0. The number of hydrogen-bond donors (Lipinski definition) is 1. The lowest BCUT2D eigenvalue weighted by Crippen LogP contribution is -2.55. The Morgan fingerprint density at radius 2 is 2.00 bits per heavy atom. The Kier molecular flexibility index (Phi) is 3.51. The Morgan fingerprint density at radius 1 is 1.18 bits per heavy atom. The summed E-state index contributed by atoms with van der Waals surface area (Å²) in [4.78, 5) is 2.62. The van der Waals surface area contributed by atoms with Gasteiger partial charge in [0, 0.05) is 31.2 Å². The summed E-state index contributed by atoms with van der Waals surface area (Å²) in [7, 11) is 0. The molecule has 0 bridgehead atoms. The van der Waals surface area contributed by atoms with E-state index in [-0.39, 0.29) is 0 Å². The molecule has 2 aliphatic rings. The highest BCUT2D eigenvalue weighted by Crippen LogP contribution is 2.38. The van der Waals surface area contributed by atoms with Crippen LogP contribution < -0.4 is 5.32 Å². The lowest BCUT2D eigenvalue weighted by molar-refractivity contribution is 0.157. The minimum Gasteiger partial charge on any atom is -0.309 e. The van der Waals surface area contributed by atoms with E-state index in [0.29, 0.717) is 11.6 Å². The van der Waals surface area contributed by atoms with Gasteiger partial charge in [0.1, 0.15) is 0 Å². The Hall–Kier alpha value is -1.64. The number of hydrogen-bond acceptors (Lipinski definition) is 2. The Labute approximate surface area is 132 Å². The van der Waals surface area contributed by atoms with Gasteiger partial charge in [-0.05, 0) is 35.6 Å². The normalized spacial score (nSPS) is 21.8. The summed E-state index contributed by atoms with van der Waals surface area (Å²) in [5.74, 6) is 0. The smallest absolute Gasteiger partial charge is 0.0317 e. The fraction of sp³-hybridized carbons (Fsp3) is 0.400. The lowest BCUT2D eigenvalue weighted by atomic mass is 9.99. The zero-order chi connectivity index (χ0) is 15.0. The largest absolute Gasteiger partial charge is 0.309 e. The molecular formula is C20H24N2. The quantitative estimate of drug-likeness (QED) is 0.869. The van der Waals surface area contributed by atoms with Gasteiger partial charge in [0.25, 0.3) is 0 Å². The molecule has 1 heterocycles. The molecule has 0 aromatic heterocycles. The molecule has 2 heteroatoms. The second-order valence-electron chi connectivity index (χ2n) is 6.87. The van der Waals surface area contributed by atoms with Crippen molar-refractivity contribution in [2.45, 2.75) is 30.8 Å². The van der Waals surface area contributed by atoms with Crippen molar-refractivity contribution in [3.8, 4) is 0 Å². The molecule has 114 valence electrons. The third-order valence-electron chi connectivity index (χ3n) is 5.26. The van der Waals surface area contributed by atoms with E-state index < -0.39 is 0 Å². The van der Waals surface area contributed by atoms with Crippen molar-refractivity contribution < 1.29 is 0 Å². The van der Waals surface area contributed by atoms with Gasteiger partial charge in [-0.3, -0.25) is 4.90 Å². The van der Waals surface area contributed by atoms with Crippen LogP contribution >= 0.6 is 0 Å². The van der Waals surface area contributed by atoms with Crippen molar-refractivity contribution in [3.05, 3.63) is 60.7 Å². The van der Waals surface area contributed by atoms with Gasteiger partial charge < -0.3 is 5.32 Å². The number of fused-ring (bicyclic) bond motifs is 1. The molecule has 2 fully saturated rings. The van der Waals surface area contributed by atoms with E-state index in [9.17, 15) is 0 Å². The molecule has 4 rings (SSSR count). The van der Waals surface area contributed by atoms with E-state index >= 15 is 0 Å². The highest BCUT2D eigenvalue weighted by Gasteiger charge is 2.46. The van der Waals surface area contributed by atoms with Gasteiger partial charge in [0.15, 0.2) is 0 Å². The van der Waals surface area contributed by atoms with Crippen LogP contribution in [0.15, 0.2) is 55.1 Å². The van der Waals surface area contributed by atoms with Crippen LogP contribution in [-0.2, 0) is 6.42 Å². The maximum atomic E-state index is 4.10. The Bertz CT molecular complexity index is 687. The Morgan fingerprint density at radius 3 is 2.77 bits per heavy atom. The third kappa shape index (κ3) is 2.69. The Balaban J connectivity index is 1.52. The fourth-order valence-corrected chi connectivity index (χ4v) is 3.73. The molecule has 1 saturated carbocycles. The van der Waals surface area contributed by atoms with Gasteiger partial charge in [0.05, 0.1) is 0 Å². The number of rotatable bonds is 4. The van der Waals surface area contributed by atoms with Crippen molar-refractivity contribution in [1.29, 1.82) is 0 Å². The molecule has 1 unspecified atom stereocenters. The first-order chi connectivity index (χ1) is 10.8. The lowest BCUT2D eigenvalue weighted by Gasteiger charge is -2.38. The first-order valence-corrected chi connectivity index (χ1v) is 8.37. The number of piperazine rings is 1. The van der Waals surface area contributed by atoms with Gasteiger partial charge in [0.2, 0.25) is 0 Å². The van der Waals surface area contributed by atoms with Gasteiger partial charge in [-0.15, -0.1) is 6.58 Å². The zero-order valence-electron chi connectivity index (χ0n) is 13.1. The predicted octanol–water partition coefficient (Wildman–Crippen LogP) is 3.37. The maximum absolute atomic E-state index is 4.10. The third-order valence-corrected chi connectivity index (χ3v) is 5.26. The van der Waals surface area contributed by atoms with Crippen LogP contribution in [0.4, 0.5) is 0 Å². The molecule has 2 aromatic carbocycles. The van der Waals surface area contributed by atoms with Crippen LogP contribution in [0.1, 0.15) is 18.4 Å². The van der Waals surface area contributed by atoms with E-state index in [1.807, 2.05) is 0 Å². The molecule has 22 heavy (non-hydrogen) atoms. The molecule has 1 atom stereocenters. The summed E-state index contributed by atoms with van der Waals surface area (Å²) in [6.07, 6.45) is 5.87. The standard InChI is InChI=1S/C20H24N2/c1-2-19(22-12-11-21-20(15-22)9-10-20)14-16-7-8-17-5-3-4-6-18(17)13-16/h2-8,13,19,21H,1,9-12,14-15H2. The minimum atomic E-state index is 0.433. The minimum absolute atomic E-state index is 0.433. The first kappa shape index (κ1) is 14.0. The average molecular weight is 292 g/mol. The SMILES string of the molecule is C=CC(Cc1ccc2ccccc2c1)N1CCNC2(CC2)C1. The van der Waals surface area contributed by atoms with Crippen LogP contribution in [0, 0.1) is 0 Å². The van der Waals surface area contributed by atoms with E-state index in [1.54, 1.807) is 0 Å². The van der Waals surface area contributed by atoms with Crippen molar-refractivity contribution in [2.24, 2.45) is 0 Å². The summed E-state index contributed by atoms with van der Waals surface area (Å²) in [6, 6.07) is 15.9. The van der Waals surface area contributed by atoms with Gasteiger partial charge in [-0.25, -0.2) is 0 Å². The highest BCUT2D eigenvalue weighted by molar-refractivity contribution is 5.83. The monoisotopic (exact) mass is 292 g/mol. The van der Waals surface area contributed by atoms with Crippen LogP contribution in [0.2, 0.25) is 0 Å². The second kappa shape index (κ2) is 5.53. The van der Waals surface area contributed by atoms with E-state index in [4.69, 9.17) is 0 Å². The van der Waals surface area contributed by atoms with Crippen molar-refractivity contribution in [1.82, 2.24) is 10.2 Å². The molecule has 1 spiro atoms. The predicted molar refractivity (Wildman–Crippen MR) is 93.2 cm³/mol.